The van der Waals surface area contributed by atoms with Crippen molar-refractivity contribution in [3.63, 3.8) is 0 Å². The van der Waals surface area contributed by atoms with Crippen LogP contribution in [0.1, 0.15) is 37.9 Å². The van der Waals surface area contributed by atoms with Gasteiger partial charge in [-0.3, -0.25) is 0 Å². The van der Waals surface area contributed by atoms with Gasteiger partial charge in [-0.2, -0.15) is 0 Å². The van der Waals surface area contributed by atoms with E-state index in [1.165, 1.54) is 0 Å². The molecule has 0 saturated heterocycles. The van der Waals surface area contributed by atoms with Crippen molar-refractivity contribution in [3.05, 3.63) is 35.4 Å². The number of amides is 1. The second-order valence-electron chi connectivity index (χ2n) is 5.30. The Hall–Kier alpha value is -1.31. The zero-order valence-electron chi connectivity index (χ0n) is 11.6. The number of alkyl halides is 1. The molecule has 0 aromatic heterocycles. The van der Waals surface area contributed by atoms with E-state index in [1.54, 1.807) is 39.0 Å². The van der Waals surface area contributed by atoms with E-state index < -0.39 is 23.7 Å². The number of hydrogen-bond donors (Lipinski definition) is 2. The minimum absolute atomic E-state index is 0.525. The Balaban J connectivity index is 2.89. The van der Waals surface area contributed by atoms with Crippen LogP contribution in [-0.2, 0) is 14.0 Å². The normalized spacial score (nSPS) is 12.6. The first-order chi connectivity index (χ1) is 9.23. The molecule has 0 spiro atoms. The lowest BCUT2D eigenvalue weighted by Gasteiger charge is -2.22. The molecule has 20 heavy (non-hydrogen) atoms. The Morgan fingerprint density at radius 3 is 2.55 bits per heavy atom. The first kappa shape index (κ1) is 16.7. The van der Waals surface area contributed by atoms with E-state index in [9.17, 15) is 14.7 Å². The van der Waals surface area contributed by atoms with Gasteiger partial charge in [0.1, 0.15) is 5.60 Å². The summed E-state index contributed by atoms with van der Waals surface area (Å²) in [7, 11) is 0. The molecule has 0 bridgehead atoms. The van der Waals surface area contributed by atoms with E-state index in [2.05, 4.69) is 27.9 Å². The van der Waals surface area contributed by atoms with Crippen molar-refractivity contribution in [2.75, 3.05) is 0 Å². The number of carboxylic acid groups (broad SMARTS) is 1. The highest BCUT2D eigenvalue weighted by atomic mass is 127. The standard InChI is InChI=1S/C14H18INO4/c1-14(2,3)20-13(19)16-11(12(17)18)10-6-4-5-9(7-10)8-15/h4-7,11H,8H2,1-3H3,(H,16,19)(H,17,18). The van der Waals surface area contributed by atoms with Crippen LogP contribution in [0.4, 0.5) is 4.79 Å². The average Bonchev–Trinajstić information content (AvgIpc) is 2.33. The van der Waals surface area contributed by atoms with Crippen LogP contribution in [-0.4, -0.2) is 22.8 Å². The lowest BCUT2D eigenvalue weighted by atomic mass is 10.0. The number of aliphatic carboxylic acids is 1. The molecule has 0 aliphatic carbocycles. The van der Waals surface area contributed by atoms with Crippen molar-refractivity contribution < 1.29 is 19.4 Å². The highest BCUT2D eigenvalue weighted by Gasteiger charge is 2.25. The largest absolute Gasteiger partial charge is 0.479 e. The number of carbonyl (C=O) groups is 2. The fraction of sp³-hybridized carbons (Fsp3) is 0.429. The molecule has 0 heterocycles. The molecule has 6 heteroatoms. The lowest BCUT2D eigenvalue weighted by Crippen LogP contribution is -2.38. The molecule has 1 aromatic carbocycles. The Morgan fingerprint density at radius 1 is 1.40 bits per heavy atom. The van der Waals surface area contributed by atoms with E-state index in [0.717, 1.165) is 9.99 Å². The van der Waals surface area contributed by atoms with E-state index in [-0.39, 0.29) is 0 Å². The fourth-order valence-corrected chi connectivity index (χ4v) is 2.04. The molecule has 1 amide bonds. The van der Waals surface area contributed by atoms with Crippen molar-refractivity contribution in [2.24, 2.45) is 0 Å². The molecule has 0 radical (unpaired) electrons. The molecule has 0 fully saturated rings. The third-order valence-corrected chi connectivity index (χ3v) is 3.23. The molecule has 1 rings (SSSR count). The average molecular weight is 391 g/mol. The Kier molecular flexibility index (Phi) is 5.79. The predicted octanol–water partition coefficient (Wildman–Crippen LogP) is 3.27. The molecule has 5 nitrogen and oxygen atoms in total. The minimum Gasteiger partial charge on any atom is -0.479 e. The summed E-state index contributed by atoms with van der Waals surface area (Å²) < 4.78 is 5.85. The van der Waals surface area contributed by atoms with E-state index in [4.69, 9.17) is 4.74 Å². The Labute approximate surface area is 131 Å². The summed E-state index contributed by atoms with van der Waals surface area (Å²) in [6, 6.07) is 6.00. The van der Waals surface area contributed by atoms with Gasteiger partial charge in [-0.15, -0.1) is 0 Å². The summed E-state index contributed by atoms with van der Waals surface area (Å²) in [6.07, 6.45) is -0.746. The van der Waals surface area contributed by atoms with Crippen LogP contribution >= 0.6 is 22.6 Å². The lowest BCUT2D eigenvalue weighted by molar-refractivity contribution is -0.139. The van der Waals surface area contributed by atoms with Crippen LogP contribution in [0.25, 0.3) is 0 Å². The highest BCUT2D eigenvalue weighted by Crippen LogP contribution is 2.18. The van der Waals surface area contributed by atoms with Crippen molar-refractivity contribution in [1.82, 2.24) is 5.32 Å². The van der Waals surface area contributed by atoms with Gasteiger partial charge in [0.05, 0.1) is 0 Å². The maximum atomic E-state index is 11.7. The maximum absolute atomic E-state index is 11.7. The number of carbonyl (C=O) groups excluding carboxylic acids is 1. The quantitative estimate of drug-likeness (QED) is 0.610. The summed E-state index contributed by atoms with van der Waals surface area (Å²) in [5.74, 6) is -1.12. The van der Waals surface area contributed by atoms with Crippen LogP contribution in [0.3, 0.4) is 0 Å². The van der Waals surface area contributed by atoms with Gasteiger partial charge in [0.15, 0.2) is 6.04 Å². The van der Waals surface area contributed by atoms with Crippen LogP contribution in [0, 0.1) is 0 Å². The van der Waals surface area contributed by atoms with Crippen LogP contribution in [0.2, 0.25) is 0 Å². The molecule has 1 aromatic rings. The molecular weight excluding hydrogens is 373 g/mol. The third kappa shape index (κ3) is 5.36. The van der Waals surface area contributed by atoms with Gasteiger partial charge in [-0.1, -0.05) is 46.9 Å². The first-order valence-corrected chi connectivity index (χ1v) is 7.62. The van der Waals surface area contributed by atoms with E-state index in [0.29, 0.717) is 5.56 Å². The van der Waals surface area contributed by atoms with Gasteiger partial charge in [-0.25, -0.2) is 9.59 Å². The Bertz CT molecular complexity index is 496. The molecule has 2 N–H and O–H groups in total. The topological polar surface area (TPSA) is 75.6 Å². The van der Waals surface area contributed by atoms with E-state index >= 15 is 0 Å². The number of carboxylic acids is 1. The van der Waals surface area contributed by atoms with E-state index in [1.807, 2.05) is 6.07 Å². The molecular formula is C14H18INO4. The van der Waals surface area contributed by atoms with Crippen LogP contribution in [0.5, 0.6) is 0 Å². The highest BCUT2D eigenvalue weighted by molar-refractivity contribution is 14.1. The number of rotatable bonds is 4. The second kappa shape index (κ2) is 6.92. The van der Waals surface area contributed by atoms with Gasteiger partial charge in [0, 0.05) is 4.43 Å². The number of ether oxygens (including phenoxy) is 1. The van der Waals surface area contributed by atoms with Gasteiger partial charge in [-0.05, 0) is 31.9 Å². The second-order valence-corrected chi connectivity index (χ2v) is 6.06. The summed E-state index contributed by atoms with van der Waals surface area (Å²) in [6.45, 7) is 5.16. The molecule has 1 unspecified atom stereocenters. The van der Waals surface area contributed by atoms with Crippen molar-refractivity contribution in [2.45, 2.75) is 36.8 Å². The van der Waals surface area contributed by atoms with Crippen LogP contribution in [0.15, 0.2) is 24.3 Å². The van der Waals surface area contributed by atoms with Crippen molar-refractivity contribution >= 4 is 34.7 Å². The molecule has 0 saturated carbocycles. The van der Waals surface area contributed by atoms with Gasteiger partial charge in [0.25, 0.3) is 0 Å². The molecule has 0 aliphatic heterocycles. The number of benzene rings is 1. The molecule has 1 atom stereocenters. The first-order valence-electron chi connectivity index (χ1n) is 6.10. The van der Waals surface area contributed by atoms with Gasteiger partial charge < -0.3 is 15.2 Å². The van der Waals surface area contributed by atoms with Crippen LogP contribution < -0.4 is 5.32 Å². The number of nitrogens with one attached hydrogen (secondary N) is 1. The summed E-state index contributed by atoms with van der Waals surface area (Å²) in [5, 5.41) is 11.6. The van der Waals surface area contributed by atoms with Gasteiger partial charge >= 0.3 is 12.1 Å². The minimum atomic E-state index is -1.12. The zero-order valence-corrected chi connectivity index (χ0v) is 13.8. The number of alkyl carbamates (subject to hydrolysis) is 1. The SMILES string of the molecule is CC(C)(C)OC(=O)NC(C(=O)O)c1cccc(CI)c1. The fourth-order valence-electron chi connectivity index (χ4n) is 1.57. The number of hydrogen-bond acceptors (Lipinski definition) is 3. The summed E-state index contributed by atoms with van der Waals surface area (Å²) in [4.78, 5) is 23.0. The summed E-state index contributed by atoms with van der Waals surface area (Å²) >= 11 is 2.19. The smallest absolute Gasteiger partial charge is 0.408 e. The maximum Gasteiger partial charge on any atom is 0.408 e. The summed E-state index contributed by atoms with van der Waals surface area (Å²) in [5.41, 5.74) is 0.856. The molecule has 0 aliphatic rings. The third-order valence-electron chi connectivity index (χ3n) is 2.35. The zero-order chi connectivity index (χ0) is 15.3. The predicted molar refractivity (Wildman–Crippen MR) is 83.9 cm³/mol. The Morgan fingerprint density at radius 2 is 2.05 bits per heavy atom. The monoisotopic (exact) mass is 391 g/mol. The van der Waals surface area contributed by atoms with Gasteiger partial charge in [0.2, 0.25) is 0 Å². The molecule has 110 valence electrons. The number of halogens is 1. The van der Waals surface area contributed by atoms with Crippen molar-refractivity contribution in [3.8, 4) is 0 Å². The van der Waals surface area contributed by atoms with Crippen molar-refractivity contribution in [1.29, 1.82) is 0 Å².